The molecule has 3 unspecified atom stereocenters. The lowest BCUT2D eigenvalue weighted by molar-refractivity contribution is -0.233. The Labute approximate surface area is 191 Å². The lowest BCUT2D eigenvalue weighted by atomic mass is 9.94. The molecule has 1 heterocycles. The van der Waals surface area contributed by atoms with E-state index in [2.05, 4.69) is 20.8 Å². The number of nitrogens with two attached hydrogens (primary N) is 1. The molecule has 1 amide bonds. The van der Waals surface area contributed by atoms with E-state index in [1.165, 1.54) is 4.90 Å². The first-order valence-corrected chi connectivity index (χ1v) is 11.1. The molecular formula is C24H40N2O6. The maximum Gasteiger partial charge on any atom is 0.411 e. The van der Waals surface area contributed by atoms with Gasteiger partial charge in [-0.1, -0.05) is 32.9 Å². The fourth-order valence-electron chi connectivity index (χ4n) is 3.61. The van der Waals surface area contributed by atoms with Crippen molar-refractivity contribution in [3.63, 3.8) is 0 Å². The number of phenols is 1. The zero-order chi connectivity index (χ0) is 24.3. The molecule has 0 aliphatic carbocycles. The second kappa shape index (κ2) is 10.4. The van der Waals surface area contributed by atoms with E-state index in [-0.39, 0.29) is 17.8 Å². The van der Waals surface area contributed by atoms with Crippen LogP contribution in [0.25, 0.3) is 0 Å². The van der Waals surface area contributed by atoms with E-state index in [9.17, 15) is 15.0 Å². The van der Waals surface area contributed by atoms with Gasteiger partial charge in [-0.15, -0.1) is 0 Å². The van der Waals surface area contributed by atoms with E-state index in [0.717, 1.165) is 5.56 Å². The average Bonchev–Trinajstić information content (AvgIpc) is 2.64. The molecule has 1 aromatic rings. The molecule has 32 heavy (non-hydrogen) atoms. The predicted octanol–water partition coefficient (Wildman–Crippen LogP) is 3.04. The topological polar surface area (TPSA) is 114 Å². The predicted molar refractivity (Wildman–Crippen MR) is 122 cm³/mol. The highest BCUT2D eigenvalue weighted by Gasteiger charge is 2.45. The lowest BCUT2D eigenvalue weighted by Gasteiger charge is -2.47. The number of aliphatic hydroxyl groups is 1. The van der Waals surface area contributed by atoms with Gasteiger partial charge in [0.15, 0.2) is 6.29 Å². The number of carbonyl (C=O) groups excluding carboxylic acids is 1. The van der Waals surface area contributed by atoms with Crippen molar-refractivity contribution in [2.45, 2.75) is 91.0 Å². The summed E-state index contributed by atoms with van der Waals surface area (Å²) in [4.78, 5) is 14.6. The van der Waals surface area contributed by atoms with Crippen LogP contribution >= 0.6 is 0 Å². The van der Waals surface area contributed by atoms with E-state index >= 15 is 0 Å². The van der Waals surface area contributed by atoms with Crippen LogP contribution in [0.5, 0.6) is 5.75 Å². The van der Waals surface area contributed by atoms with E-state index < -0.39 is 42.2 Å². The number of phenolic OH excluding ortho intramolecular Hbond substituents is 1. The van der Waals surface area contributed by atoms with Crippen molar-refractivity contribution >= 4 is 6.09 Å². The summed E-state index contributed by atoms with van der Waals surface area (Å²) in [7, 11) is 0. The Balaban J connectivity index is 2.21. The highest BCUT2D eigenvalue weighted by Crippen LogP contribution is 2.28. The SMILES string of the molecule is CC1C(OCC(C)(C)C)OCC([C@@H](O)[C@@H](N)Cc2cccc(O)c2)N1C(=O)OC(C)(C)C. The molecule has 5 atom stereocenters. The van der Waals surface area contributed by atoms with Crippen LogP contribution in [0.1, 0.15) is 54.0 Å². The molecule has 1 fully saturated rings. The van der Waals surface area contributed by atoms with Gasteiger partial charge in [0.1, 0.15) is 11.4 Å². The molecule has 1 saturated heterocycles. The van der Waals surface area contributed by atoms with Gasteiger partial charge in [0.2, 0.25) is 0 Å². The van der Waals surface area contributed by atoms with Gasteiger partial charge < -0.3 is 30.2 Å². The van der Waals surface area contributed by atoms with Crippen molar-refractivity contribution in [3.8, 4) is 5.75 Å². The van der Waals surface area contributed by atoms with Crippen molar-refractivity contribution in [2.24, 2.45) is 11.1 Å². The number of morpholine rings is 1. The quantitative estimate of drug-likeness (QED) is 0.608. The highest BCUT2D eigenvalue weighted by atomic mass is 16.7. The number of benzene rings is 1. The maximum atomic E-state index is 13.1. The monoisotopic (exact) mass is 452 g/mol. The molecule has 1 aliphatic heterocycles. The van der Waals surface area contributed by atoms with Crippen LogP contribution in [0.15, 0.2) is 24.3 Å². The summed E-state index contributed by atoms with van der Waals surface area (Å²) < 4.78 is 17.5. The molecule has 1 aliphatic rings. The van der Waals surface area contributed by atoms with Gasteiger partial charge in [0.25, 0.3) is 0 Å². The normalized spacial score (nSPS) is 24.2. The van der Waals surface area contributed by atoms with Gasteiger partial charge in [-0.05, 0) is 57.2 Å². The lowest BCUT2D eigenvalue weighted by Crippen LogP contribution is -2.65. The third-order valence-corrected chi connectivity index (χ3v) is 5.12. The molecule has 1 aromatic carbocycles. The van der Waals surface area contributed by atoms with Gasteiger partial charge in [0, 0.05) is 6.04 Å². The summed E-state index contributed by atoms with van der Waals surface area (Å²) in [5.74, 6) is 0.132. The second-order valence-corrected chi connectivity index (χ2v) is 10.8. The summed E-state index contributed by atoms with van der Waals surface area (Å²) >= 11 is 0. The Hall–Kier alpha value is -1.87. The molecule has 8 heteroatoms. The van der Waals surface area contributed by atoms with Crippen molar-refractivity contribution in [3.05, 3.63) is 29.8 Å². The third-order valence-electron chi connectivity index (χ3n) is 5.12. The zero-order valence-electron chi connectivity index (χ0n) is 20.4. The molecule has 2 rings (SSSR count). The van der Waals surface area contributed by atoms with Crippen LogP contribution in [-0.2, 0) is 20.6 Å². The summed E-state index contributed by atoms with van der Waals surface area (Å²) in [6, 6.07) is 4.84. The molecule has 0 saturated carbocycles. The van der Waals surface area contributed by atoms with Crippen molar-refractivity contribution in [1.29, 1.82) is 0 Å². The van der Waals surface area contributed by atoms with Gasteiger partial charge in [-0.2, -0.15) is 0 Å². The van der Waals surface area contributed by atoms with Crippen LogP contribution in [0.3, 0.4) is 0 Å². The van der Waals surface area contributed by atoms with Crippen LogP contribution in [-0.4, -0.2) is 70.5 Å². The minimum atomic E-state index is -1.07. The molecular weight excluding hydrogens is 412 g/mol. The number of carbonyl (C=O) groups is 1. The van der Waals surface area contributed by atoms with Crippen LogP contribution in [0, 0.1) is 5.41 Å². The van der Waals surface area contributed by atoms with Crippen LogP contribution in [0.2, 0.25) is 0 Å². The smallest absolute Gasteiger partial charge is 0.411 e. The molecule has 0 radical (unpaired) electrons. The number of hydrogen-bond donors (Lipinski definition) is 3. The van der Waals surface area contributed by atoms with E-state index in [4.69, 9.17) is 19.9 Å². The minimum absolute atomic E-state index is 0.0628. The Morgan fingerprint density at radius 2 is 1.94 bits per heavy atom. The van der Waals surface area contributed by atoms with Crippen LogP contribution < -0.4 is 5.73 Å². The summed E-state index contributed by atoms with van der Waals surface area (Å²) in [6.07, 6.45) is -1.94. The number of ether oxygens (including phenoxy) is 3. The fourth-order valence-corrected chi connectivity index (χ4v) is 3.61. The molecule has 0 bridgehead atoms. The minimum Gasteiger partial charge on any atom is -0.508 e. The van der Waals surface area contributed by atoms with Crippen molar-refractivity contribution in [1.82, 2.24) is 4.90 Å². The number of rotatable bonds is 6. The Kier molecular flexibility index (Phi) is 8.56. The van der Waals surface area contributed by atoms with Crippen molar-refractivity contribution in [2.75, 3.05) is 13.2 Å². The summed E-state index contributed by atoms with van der Waals surface area (Å²) in [6.45, 7) is 13.9. The number of aromatic hydroxyl groups is 1. The number of aliphatic hydroxyl groups excluding tert-OH is 1. The average molecular weight is 453 g/mol. The van der Waals surface area contributed by atoms with E-state index in [1.54, 1.807) is 39.0 Å². The summed E-state index contributed by atoms with van der Waals surface area (Å²) in [5, 5.41) is 20.8. The van der Waals surface area contributed by atoms with Crippen molar-refractivity contribution < 1.29 is 29.2 Å². The van der Waals surface area contributed by atoms with Crippen LogP contribution in [0.4, 0.5) is 4.79 Å². The highest BCUT2D eigenvalue weighted by molar-refractivity contribution is 5.69. The third kappa shape index (κ3) is 7.62. The fraction of sp³-hybridized carbons (Fsp3) is 0.708. The molecule has 8 nitrogen and oxygen atoms in total. The number of nitrogens with zero attached hydrogens (tertiary/aromatic N) is 1. The maximum absolute atomic E-state index is 13.1. The Morgan fingerprint density at radius 3 is 2.50 bits per heavy atom. The Bertz CT molecular complexity index is 758. The van der Waals surface area contributed by atoms with Gasteiger partial charge >= 0.3 is 6.09 Å². The number of hydrogen-bond acceptors (Lipinski definition) is 7. The van der Waals surface area contributed by atoms with E-state index in [1.807, 2.05) is 13.0 Å². The summed E-state index contributed by atoms with van der Waals surface area (Å²) in [5.41, 5.74) is 6.34. The first kappa shape index (κ1) is 26.4. The van der Waals surface area contributed by atoms with Gasteiger partial charge in [-0.25, -0.2) is 4.79 Å². The molecule has 4 N–H and O–H groups in total. The number of amides is 1. The second-order valence-electron chi connectivity index (χ2n) is 10.8. The largest absolute Gasteiger partial charge is 0.508 e. The van der Waals surface area contributed by atoms with Gasteiger partial charge in [-0.3, -0.25) is 4.90 Å². The molecule has 0 aromatic heterocycles. The zero-order valence-corrected chi connectivity index (χ0v) is 20.4. The standard InChI is InChI=1S/C24H40N2O6/c1-15-21(31-14-23(2,3)4)30-13-19(26(15)22(29)32-24(5,6)7)20(28)18(25)12-16-9-8-10-17(27)11-16/h8-11,15,18-21,27-28H,12-14,25H2,1-7H3/t15?,18-,19?,20-,21?/m0/s1. The molecule has 182 valence electrons. The molecule has 0 spiro atoms. The Morgan fingerprint density at radius 1 is 1.28 bits per heavy atom. The first-order chi connectivity index (χ1) is 14.7. The van der Waals surface area contributed by atoms with Gasteiger partial charge in [0.05, 0.1) is 31.4 Å². The van der Waals surface area contributed by atoms with E-state index in [0.29, 0.717) is 13.0 Å². The first-order valence-electron chi connectivity index (χ1n) is 11.1.